The molecule has 0 unspecified atom stereocenters. The monoisotopic (exact) mass is 427 g/mol. The van der Waals surface area contributed by atoms with E-state index in [2.05, 4.69) is 13.8 Å². The number of rotatable bonds is 7. The van der Waals surface area contributed by atoms with Gasteiger partial charge in [0, 0.05) is 29.2 Å². The Hall–Kier alpha value is -2.66. The van der Waals surface area contributed by atoms with E-state index in [1.165, 1.54) is 0 Å². The van der Waals surface area contributed by atoms with Crippen LogP contribution in [0, 0.1) is 5.92 Å². The lowest BCUT2D eigenvalue weighted by Crippen LogP contribution is -2.31. The van der Waals surface area contributed by atoms with E-state index in [9.17, 15) is 14.4 Å². The van der Waals surface area contributed by atoms with Crippen molar-refractivity contribution in [1.82, 2.24) is 0 Å². The van der Waals surface area contributed by atoms with Gasteiger partial charge in [-0.2, -0.15) is 0 Å². The largest absolute Gasteiger partial charge is 0.454 e. The van der Waals surface area contributed by atoms with Crippen LogP contribution in [0.3, 0.4) is 0 Å². The van der Waals surface area contributed by atoms with Gasteiger partial charge in [-0.1, -0.05) is 43.6 Å². The van der Waals surface area contributed by atoms with Crippen LogP contribution in [0.25, 0.3) is 0 Å². The summed E-state index contributed by atoms with van der Waals surface area (Å²) in [6.45, 7) is 5.91. The number of aryl methyl sites for hydroxylation is 2. The molecule has 6 heteroatoms. The number of amides is 1. The van der Waals surface area contributed by atoms with E-state index in [0.717, 1.165) is 29.7 Å². The first-order valence-electron chi connectivity index (χ1n) is 10.3. The van der Waals surface area contributed by atoms with E-state index in [0.29, 0.717) is 10.6 Å². The molecule has 1 heterocycles. The normalized spacial score (nSPS) is 17.1. The lowest BCUT2D eigenvalue weighted by molar-refractivity contribution is -0.151. The standard InChI is InChI=1S/C24H26ClNO4/c1-4-16-7-6-8-17(5-2)22(16)26-14-19(13-21(26)27)24(29)30-15(3)23(28)18-9-11-20(25)12-10-18/h6-12,15,19H,4-5,13-14H2,1-3H3/t15-,19-/m0/s1. The molecule has 30 heavy (non-hydrogen) atoms. The zero-order valence-electron chi connectivity index (χ0n) is 17.5. The summed E-state index contributed by atoms with van der Waals surface area (Å²) in [6.07, 6.45) is 0.752. The van der Waals surface area contributed by atoms with Gasteiger partial charge in [0.1, 0.15) is 0 Å². The lowest BCUT2D eigenvalue weighted by atomic mass is 10.0. The van der Waals surface area contributed by atoms with Crippen molar-refractivity contribution in [3.63, 3.8) is 0 Å². The predicted octanol–water partition coefficient (Wildman–Crippen LogP) is 4.63. The number of carbonyl (C=O) groups is 3. The van der Waals surface area contributed by atoms with Crippen LogP contribution < -0.4 is 4.90 Å². The molecule has 2 aromatic rings. The summed E-state index contributed by atoms with van der Waals surface area (Å²) < 4.78 is 5.43. The Morgan fingerprint density at radius 2 is 1.70 bits per heavy atom. The Bertz CT molecular complexity index is 932. The Kier molecular flexibility index (Phi) is 6.93. The Labute approximate surface area is 182 Å². The Morgan fingerprint density at radius 3 is 2.27 bits per heavy atom. The highest BCUT2D eigenvalue weighted by molar-refractivity contribution is 6.30. The van der Waals surface area contributed by atoms with Gasteiger partial charge in [0.25, 0.3) is 0 Å². The average molecular weight is 428 g/mol. The molecule has 0 saturated carbocycles. The second-order valence-corrected chi connectivity index (χ2v) is 7.92. The minimum Gasteiger partial charge on any atom is -0.454 e. The van der Waals surface area contributed by atoms with Gasteiger partial charge in [-0.3, -0.25) is 14.4 Å². The van der Waals surface area contributed by atoms with E-state index in [1.807, 2.05) is 18.2 Å². The van der Waals surface area contributed by atoms with Gasteiger partial charge in [-0.15, -0.1) is 0 Å². The minimum absolute atomic E-state index is 0.0852. The Morgan fingerprint density at radius 1 is 1.10 bits per heavy atom. The number of ether oxygens (including phenoxy) is 1. The molecule has 2 aromatic carbocycles. The van der Waals surface area contributed by atoms with Crippen LogP contribution in [0.5, 0.6) is 0 Å². The van der Waals surface area contributed by atoms with E-state index in [-0.39, 0.29) is 24.7 Å². The number of para-hydroxylation sites is 1. The van der Waals surface area contributed by atoms with Gasteiger partial charge in [0.05, 0.1) is 5.92 Å². The zero-order valence-corrected chi connectivity index (χ0v) is 18.2. The van der Waals surface area contributed by atoms with E-state index >= 15 is 0 Å². The van der Waals surface area contributed by atoms with Crippen LogP contribution in [0.2, 0.25) is 5.02 Å². The molecule has 0 aromatic heterocycles. The number of hydrogen-bond donors (Lipinski definition) is 0. The van der Waals surface area contributed by atoms with Gasteiger partial charge >= 0.3 is 5.97 Å². The maximum Gasteiger partial charge on any atom is 0.312 e. The number of Topliss-reactive ketones (excluding diaryl/α,β-unsaturated/α-hetero) is 1. The highest BCUT2D eigenvalue weighted by Gasteiger charge is 2.38. The molecule has 1 fully saturated rings. The zero-order chi connectivity index (χ0) is 21.8. The predicted molar refractivity (Wildman–Crippen MR) is 117 cm³/mol. The number of hydrogen-bond acceptors (Lipinski definition) is 4. The van der Waals surface area contributed by atoms with Crippen molar-refractivity contribution in [2.75, 3.05) is 11.4 Å². The molecular weight excluding hydrogens is 402 g/mol. The molecule has 0 aliphatic carbocycles. The summed E-state index contributed by atoms with van der Waals surface area (Å²) in [7, 11) is 0. The van der Waals surface area contributed by atoms with Crippen LogP contribution in [0.1, 0.15) is 48.7 Å². The van der Waals surface area contributed by atoms with Gasteiger partial charge < -0.3 is 9.64 Å². The number of nitrogens with zero attached hydrogens (tertiary/aromatic N) is 1. The first kappa shape index (κ1) is 22.0. The number of halogens is 1. The molecule has 0 radical (unpaired) electrons. The van der Waals surface area contributed by atoms with Gasteiger partial charge in [0.15, 0.2) is 6.10 Å². The topological polar surface area (TPSA) is 63.7 Å². The third kappa shape index (κ3) is 4.57. The fraction of sp³-hybridized carbons (Fsp3) is 0.375. The second-order valence-electron chi connectivity index (χ2n) is 7.49. The van der Waals surface area contributed by atoms with E-state index in [1.54, 1.807) is 36.1 Å². The molecule has 158 valence electrons. The minimum atomic E-state index is -0.933. The average Bonchev–Trinajstić information content (AvgIpc) is 3.14. The summed E-state index contributed by atoms with van der Waals surface area (Å²) in [5.74, 6) is -1.50. The molecule has 1 aliphatic rings. The third-order valence-electron chi connectivity index (χ3n) is 5.48. The van der Waals surface area contributed by atoms with Gasteiger partial charge in [-0.25, -0.2) is 0 Å². The van der Waals surface area contributed by atoms with Crippen molar-refractivity contribution in [2.24, 2.45) is 5.92 Å². The van der Waals surface area contributed by atoms with Crippen LogP contribution in [-0.2, 0) is 27.2 Å². The van der Waals surface area contributed by atoms with E-state index < -0.39 is 18.0 Å². The number of anilines is 1. The van der Waals surface area contributed by atoms with Crippen LogP contribution in [-0.4, -0.2) is 30.3 Å². The molecule has 0 spiro atoms. The number of ketones is 1. The smallest absolute Gasteiger partial charge is 0.312 e. The SMILES string of the molecule is CCc1cccc(CC)c1N1C[C@@H](C(=O)O[C@@H](C)C(=O)c2ccc(Cl)cc2)CC1=O. The van der Waals surface area contributed by atoms with Crippen molar-refractivity contribution >= 4 is 34.9 Å². The quantitative estimate of drug-likeness (QED) is 0.477. The lowest BCUT2D eigenvalue weighted by Gasteiger charge is -2.23. The molecule has 3 rings (SSSR count). The highest BCUT2D eigenvalue weighted by atomic mass is 35.5. The summed E-state index contributed by atoms with van der Waals surface area (Å²) in [5.41, 5.74) is 3.51. The molecule has 1 aliphatic heterocycles. The third-order valence-corrected chi connectivity index (χ3v) is 5.74. The summed E-state index contributed by atoms with van der Waals surface area (Å²) in [4.78, 5) is 39.7. The molecule has 1 saturated heterocycles. The van der Waals surface area contributed by atoms with Gasteiger partial charge in [-0.05, 0) is 55.2 Å². The first-order valence-corrected chi connectivity index (χ1v) is 10.6. The fourth-order valence-electron chi connectivity index (χ4n) is 3.82. The molecule has 0 N–H and O–H groups in total. The maximum atomic E-state index is 12.7. The van der Waals surface area contributed by atoms with Crippen molar-refractivity contribution in [1.29, 1.82) is 0 Å². The van der Waals surface area contributed by atoms with Gasteiger partial charge in [0.2, 0.25) is 11.7 Å². The highest BCUT2D eigenvalue weighted by Crippen LogP contribution is 2.33. The number of benzene rings is 2. The molecule has 0 bridgehead atoms. The summed E-state index contributed by atoms with van der Waals surface area (Å²) in [5, 5.41) is 0.527. The molecule has 2 atom stereocenters. The second kappa shape index (κ2) is 9.43. The Balaban J connectivity index is 1.71. The van der Waals surface area contributed by atoms with Crippen LogP contribution in [0.4, 0.5) is 5.69 Å². The maximum absolute atomic E-state index is 12.7. The summed E-state index contributed by atoms with van der Waals surface area (Å²) in [6, 6.07) is 12.5. The van der Waals surface area contributed by atoms with Crippen molar-refractivity contribution in [3.8, 4) is 0 Å². The summed E-state index contributed by atoms with van der Waals surface area (Å²) >= 11 is 5.85. The number of carbonyl (C=O) groups excluding carboxylic acids is 3. The molecule has 5 nitrogen and oxygen atoms in total. The van der Waals surface area contributed by atoms with Crippen molar-refractivity contribution in [3.05, 3.63) is 64.2 Å². The van der Waals surface area contributed by atoms with Crippen LogP contribution in [0.15, 0.2) is 42.5 Å². The molecular formula is C24H26ClNO4. The number of esters is 1. The van der Waals surface area contributed by atoms with Crippen LogP contribution >= 0.6 is 11.6 Å². The fourth-order valence-corrected chi connectivity index (χ4v) is 3.94. The first-order chi connectivity index (χ1) is 14.3. The molecule has 1 amide bonds. The van der Waals surface area contributed by atoms with E-state index in [4.69, 9.17) is 16.3 Å². The van der Waals surface area contributed by atoms with Crippen molar-refractivity contribution in [2.45, 2.75) is 46.1 Å². The van der Waals surface area contributed by atoms with Crippen molar-refractivity contribution < 1.29 is 19.1 Å².